The second-order valence-electron chi connectivity index (χ2n) is 4.78. The highest BCUT2D eigenvalue weighted by atomic mass is 16.5. The number of methoxy groups -OCH3 is 2. The summed E-state index contributed by atoms with van der Waals surface area (Å²) in [5.74, 6) is 1.11. The van der Waals surface area contributed by atoms with Crippen LogP contribution in [-0.2, 0) is 16.1 Å². The molecule has 0 amide bonds. The predicted octanol–water partition coefficient (Wildman–Crippen LogP) is 1.89. The molecule has 1 aliphatic rings. The molecule has 0 aromatic heterocycles. The van der Waals surface area contributed by atoms with E-state index in [1.54, 1.807) is 7.11 Å². The van der Waals surface area contributed by atoms with Gasteiger partial charge in [0.2, 0.25) is 0 Å². The van der Waals surface area contributed by atoms with Crippen LogP contribution in [0.5, 0.6) is 11.5 Å². The second kappa shape index (κ2) is 7.14. The zero-order valence-corrected chi connectivity index (χ0v) is 12.0. The van der Waals surface area contributed by atoms with Gasteiger partial charge in [-0.1, -0.05) is 12.1 Å². The lowest BCUT2D eigenvalue weighted by Gasteiger charge is -2.15. The van der Waals surface area contributed by atoms with Gasteiger partial charge in [0.1, 0.15) is 0 Å². The molecule has 0 heterocycles. The van der Waals surface area contributed by atoms with Gasteiger partial charge < -0.3 is 19.5 Å². The number of hydrogen-bond donors (Lipinski definition) is 1. The molecule has 0 spiro atoms. The monoisotopic (exact) mass is 279 g/mol. The Labute approximate surface area is 119 Å². The van der Waals surface area contributed by atoms with Crippen LogP contribution in [0.15, 0.2) is 18.2 Å². The van der Waals surface area contributed by atoms with Gasteiger partial charge in [0.05, 0.1) is 27.2 Å². The minimum absolute atomic E-state index is 0.226. The van der Waals surface area contributed by atoms with E-state index in [2.05, 4.69) is 10.1 Å². The van der Waals surface area contributed by atoms with Gasteiger partial charge in [-0.25, -0.2) is 0 Å². The highest BCUT2D eigenvalue weighted by Crippen LogP contribution is 2.32. The number of benzene rings is 1. The van der Waals surface area contributed by atoms with E-state index in [0.29, 0.717) is 17.5 Å². The van der Waals surface area contributed by atoms with Crippen LogP contribution in [0.1, 0.15) is 24.8 Å². The molecule has 0 radical (unpaired) electrons. The van der Waals surface area contributed by atoms with E-state index >= 15 is 0 Å². The Morgan fingerprint density at radius 2 is 2.15 bits per heavy atom. The average Bonchev–Trinajstić information content (AvgIpc) is 3.29. The molecule has 0 atom stereocenters. The van der Waals surface area contributed by atoms with Gasteiger partial charge in [-0.2, -0.15) is 0 Å². The zero-order valence-electron chi connectivity index (χ0n) is 12.0. The van der Waals surface area contributed by atoms with E-state index in [0.717, 1.165) is 12.1 Å². The lowest BCUT2D eigenvalue weighted by molar-refractivity contribution is -0.141. The first-order valence-corrected chi connectivity index (χ1v) is 6.83. The molecule has 1 aromatic rings. The van der Waals surface area contributed by atoms with Crippen LogP contribution in [0.25, 0.3) is 0 Å². The topological polar surface area (TPSA) is 56.8 Å². The lowest BCUT2D eigenvalue weighted by atomic mass is 10.2. The van der Waals surface area contributed by atoms with Gasteiger partial charge in [-0.05, 0) is 18.9 Å². The fraction of sp³-hybridized carbons (Fsp3) is 0.533. The van der Waals surface area contributed by atoms with E-state index < -0.39 is 0 Å². The molecule has 0 bridgehead atoms. The summed E-state index contributed by atoms with van der Waals surface area (Å²) in [7, 11) is 2.98. The number of esters is 1. The Morgan fingerprint density at radius 1 is 1.35 bits per heavy atom. The average molecular weight is 279 g/mol. The predicted molar refractivity (Wildman–Crippen MR) is 75.0 cm³/mol. The van der Waals surface area contributed by atoms with E-state index in [9.17, 15) is 4.79 Å². The van der Waals surface area contributed by atoms with Gasteiger partial charge in [-0.3, -0.25) is 4.79 Å². The highest BCUT2D eigenvalue weighted by molar-refractivity contribution is 5.69. The first kappa shape index (κ1) is 14.7. The van der Waals surface area contributed by atoms with E-state index in [1.165, 1.54) is 20.0 Å². The molecule has 2 rings (SSSR count). The third-order valence-corrected chi connectivity index (χ3v) is 3.22. The first-order valence-electron chi connectivity index (χ1n) is 6.83. The standard InChI is InChI=1S/C15H21NO4/c1-18-13-5-3-4-11(10-16-12-6-7-12)15(13)20-9-8-14(17)19-2/h3-5,12,16H,6-10H2,1-2H3. The number of carbonyl (C=O) groups excluding carboxylic acids is 1. The fourth-order valence-corrected chi connectivity index (χ4v) is 1.91. The third-order valence-electron chi connectivity index (χ3n) is 3.22. The number of ether oxygens (including phenoxy) is 3. The Kier molecular flexibility index (Phi) is 5.24. The summed E-state index contributed by atoms with van der Waals surface area (Å²) in [6.45, 7) is 1.03. The molecular weight excluding hydrogens is 258 g/mol. The Morgan fingerprint density at radius 3 is 2.80 bits per heavy atom. The van der Waals surface area contributed by atoms with Crippen LogP contribution in [0.3, 0.4) is 0 Å². The smallest absolute Gasteiger partial charge is 0.308 e. The highest BCUT2D eigenvalue weighted by Gasteiger charge is 2.21. The molecule has 0 unspecified atom stereocenters. The van der Waals surface area contributed by atoms with E-state index in [4.69, 9.17) is 9.47 Å². The summed E-state index contributed by atoms with van der Waals surface area (Å²) >= 11 is 0. The number of para-hydroxylation sites is 1. The summed E-state index contributed by atoms with van der Waals surface area (Å²) in [4.78, 5) is 11.1. The molecule has 5 nitrogen and oxygen atoms in total. The number of nitrogens with one attached hydrogen (secondary N) is 1. The van der Waals surface area contributed by atoms with E-state index in [-0.39, 0.29) is 19.0 Å². The summed E-state index contributed by atoms with van der Waals surface area (Å²) in [5, 5.41) is 3.45. The lowest BCUT2D eigenvalue weighted by Crippen LogP contribution is -2.17. The molecule has 1 fully saturated rings. The molecule has 110 valence electrons. The van der Waals surface area contributed by atoms with Gasteiger partial charge >= 0.3 is 5.97 Å². The Hall–Kier alpha value is -1.75. The maximum atomic E-state index is 11.1. The van der Waals surface area contributed by atoms with Crippen molar-refractivity contribution in [3.8, 4) is 11.5 Å². The van der Waals surface area contributed by atoms with Crippen molar-refractivity contribution in [2.24, 2.45) is 0 Å². The third kappa shape index (κ3) is 4.13. The van der Waals surface area contributed by atoms with Crippen LogP contribution < -0.4 is 14.8 Å². The Balaban J connectivity index is 1.99. The normalized spacial score (nSPS) is 13.9. The number of carbonyl (C=O) groups is 1. The summed E-state index contributed by atoms with van der Waals surface area (Å²) in [6, 6.07) is 6.43. The maximum absolute atomic E-state index is 11.1. The number of rotatable bonds is 8. The van der Waals surface area contributed by atoms with Crippen LogP contribution in [-0.4, -0.2) is 32.8 Å². The first-order chi connectivity index (χ1) is 9.74. The molecule has 5 heteroatoms. The molecule has 0 saturated heterocycles. The van der Waals surface area contributed by atoms with Crippen molar-refractivity contribution in [1.82, 2.24) is 5.32 Å². The molecular formula is C15H21NO4. The molecule has 0 aliphatic heterocycles. The number of hydrogen-bond acceptors (Lipinski definition) is 5. The minimum Gasteiger partial charge on any atom is -0.493 e. The van der Waals surface area contributed by atoms with Gasteiger partial charge in [0.15, 0.2) is 11.5 Å². The van der Waals surface area contributed by atoms with Crippen molar-refractivity contribution in [2.75, 3.05) is 20.8 Å². The van der Waals surface area contributed by atoms with E-state index in [1.807, 2.05) is 18.2 Å². The molecule has 1 saturated carbocycles. The van der Waals surface area contributed by atoms with Crippen LogP contribution in [0.4, 0.5) is 0 Å². The molecule has 20 heavy (non-hydrogen) atoms. The minimum atomic E-state index is -0.280. The largest absolute Gasteiger partial charge is 0.493 e. The van der Waals surface area contributed by atoms with Crippen molar-refractivity contribution in [1.29, 1.82) is 0 Å². The van der Waals surface area contributed by atoms with Crippen molar-refractivity contribution >= 4 is 5.97 Å². The summed E-state index contributed by atoms with van der Waals surface area (Å²) in [6.07, 6.45) is 2.70. The fourth-order valence-electron chi connectivity index (χ4n) is 1.91. The molecule has 1 N–H and O–H groups in total. The summed E-state index contributed by atoms with van der Waals surface area (Å²) in [5.41, 5.74) is 1.04. The van der Waals surface area contributed by atoms with Crippen LogP contribution in [0, 0.1) is 0 Å². The SMILES string of the molecule is COC(=O)CCOc1c(CNC2CC2)cccc1OC. The Bertz CT molecular complexity index is 457. The summed E-state index contributed by atoms with van der Waals surface area (Å²) < 4.78 is 15.6. The van der Waals surface area contributed by atoms with Crippen LogP contribution in [0.2, 0.25) is 0 Å². The van der Waals surface area contributed by atoms with Gasteiger partial charge in [0, 0.05) is 18.2 Å². The quantitative estimate of drug-likeness (QED) is 0.736. The van der Waals surface area contributed by atoms with Crippen molar-refractivity contribution in [3.05, 3.63) is 23.8 Å². The van der Waals surface area contributed by atoms with Crippen LogP contribution >= 0.6 is 0 Å². The van der Waals surface area contributed by atoms with Gasteiger partial charge in [0.25, 0.3) is 0 Å². The van der Waals surface area contributed by atoms with Gasteiger partial charge in [-0.15, -0.1) is 0 Å². The van der Waals surface area contributed by atoms with Crippen molar-refractivity contribution in [3.63, 3.8) is 0 Å². The zero-order chi connectivity index (χ0) is 14.4. The molecule has 1 aromatic carbocycles. The van der Waals surface area contributed by atoms with Crippen molar-refractivity contribution in [2.45, 2.75) is 31.8 Å². The second-order valence-corrected chi connectivity index (χ2v) is 4.78. The maximum Gasteiger partial charge on any atom is 0.308 e. The van der Waals surface area contributed by atoms with Crippen molar-refractivity contribution < 1.29 is 19.0 Å². The molecule has 1 aliphatic carbocycles.